The molecular formula is C24H32IN7. The maximum Gasteiger partial charge on any atom is 0.191 e. The molecular weight excluding hydrogens is 513 g/mol. The molecule has 1 saturated heterocycles. The molecule has 2 atom stereocenters. The van der Waals surface area contributed by atoms with Crippen LogP contribution in [0, 0.1) is 0 Å². The van der Waals surface area contributed by atoms with E-state index in [0.717, 1.165) is 43.3 Å². The number of guanidine groups is 1. The molecule has 1 aliphatic heterocycles. The fraction of sp³-hybridized carbons (Fsp3) is 0.375. The number of rotatable bonds is 7. The van der Waals surface area contributed by atoms with E-state index in [1.165, 1.54) is 11.9 Å². The Morgan fingerprint density at radius 2 is 1.88 bits per heavy atom. The minimum atomic E-state index is 0. The van der Waals surface area contributed by atoms with Gasteiger partial charge in [-0.2, -0.15) is 5.10 Å². The van der Waals surface area contributed by atoms with Crippen LogP contribution in [0.25, 0.3) is 5.69 Å². The first-order chi connectivity index (χ1) is 15.2. The van der Waals surface area contributed by atoms with Gasteiger partial charge in [0.15, 0.2) is 5.96 Å². The van der Waals surface area contributed by atoms with Crippen molar-refractivity contribution in [3.63, 3.8) is 0 Å². The Hall–Kier alpha value is -2.46. The zero-order chi connectivity index (χ0) is 21.5. The summed E-state index contributed by atoms with van der Waals surface area (Å²) in [6.45, 7) is 7.89. The maximum absolute atomic E-state index is 4.81. The molecule has 2 aromatic carbocycles. The molecule has 170 valence electrons. The molecule has 32 heavy (non-hydrogen) atoms. The van der Waals surface area contributed by atoms with E-state index in [4.69, 9.17) is 4.99 Å². The van der Waals surface area contributed by atoms with Crippen molar-refractivity contribution in [2.75, 3.05) is 13.1 Å². The molecule has 0 amide bonds. The minimum absolute atomic E-state index is 0. The molecule has 8 heteroatoms. The van der Waals surface area contributed by atoms with Crippen molar-refractivity contribution in [2.24, 2.45) is 4.99 Å². The van der Waals surface area contributed by atoms with Gasteiger partial charge in [0.05, 0.1) is 12.2 Å². The molecule has 0 bridgehead atoms. The van der Waals surface area contributed by atoms with E-state index in [9.17, 15) is 0 Å². The summed E-state index contributed by atoms with van der Waals surface area (Å²) in [7, 11) is 0. The molecule has 7 nitrogen and oxygen atoms in total. The van der Waals surface area contributed by atoms with Crippen molar-refractivity contribution in [1.29, 1.82) is 0 Å². The smallest absolute Gasteiger partial charge is 0.191 e. The highest BCUT2D eigenvalue weighted by molar-refractivity contribution is 14.0. The summed E-state index contributed by atoms with van der Waals surface area (Å²) in [5, 5.41) is 11.2. The Labute approximate surface area is 207 Å². The van der Waals surface area contributed by atoms with Crippen LogP contribution in [0.5, 0.6) is 0 Å². The van der Waals surface area contributed by atoms with Crippen molar-refractivity contribution in [3.05, 3.63) is 78.4 Å². The number of hydrogen-bond acceptors (Lipinski definition) is 4. The second-order valence-electron chi connectivity index (χ2n) is 8.04. The number of likely N-dealkylation sites (tertiary alicyclic amines) is 1. The van der Waals surface area contributed by atoms with Gasteiger partial charge in [0.25, 0.3) is 0 Å². The van der Waals surface area contributed by atoms with Gasteiger partial charge in [-0.1, -0.05) is 42.5 Å². The Morgan fingerprint density at radius 1 is 1.09 bits per heavy atom. The largest absolute Gasteiger partial charge is 0.357 e. The van der Waals surface area contributed by atoms with Gasteiger partial charge < -0.3 is 10.6 Å². The highest BCUT2D eigenvalue weighted by atomic mass is 127. The van der Waals surface area contributed by atoms with Crippen LogP contribution in [-0.2, 0) is 13.1 Å². The quantitative estimate of drug-likeness (QED) is 0.270. The monoisotopic (exact) mass is 545 g/mol. The predicted molar refractivity (Wildman–Crippen MR) is 139 cm³/mol. The maximum atomic E-state index is 4.81. The Bertz CT molecular complexity index is 958. The zero-order valence-corrected chi connectivity index (χ0v) is 21.0. The van der Waals surface area contributed by atoms with Gasteiger partial charge in [-0.15, -0.1) is 24.0 Å². The highest BCUT2D eigenvalue weighted by Gasteiger charge is 2.29. The van der Waals surface area contributed by atoms with Gasteiger partial charge in [-0.3, -0.25) is 4.90 Å². The second kappa shape index (κ2) is 12.0. The van der Waals surface area contributed by atoms with Gasteiger partial charge in [0.2, 0.25) is 0 Å². The standard InChI is InChI=1S/C24H31N7.HI/c1-3-26-24(27-14-20-9-11-23(12-10-20)31-18-25-17-28-31)29-22-13-19(2)30(16-22)15-21-7-5-4-6-8-21;/h4-12,17-19,22H,3,13-16H2,1-2H3,(H2,26,27,29);1H. The molecule has 2 N–H and O–H groups in total. The lowest BCUT2D eigenvalue weighted by Gasteiger charge is -2.21. The Morgan fingerprint density at radius 3 is 2.56 bits per heavy atom. The fourth-order valence-corrected chi connectivity index (χ4v) is 4.02. The van der Waals surface area contributed by atoms with E-state index in [1.807, 2.05) is 12.1 Å². The van der Waals surface area contributed by atoms with Crippen LogP contribution in [0.1, 0.15) is 31.4 Å². The van der Waals surface area contributed by atoms with Crippen LogP contribution < -0.4 is 10.6 Å². The molecule has 0 aliphatic carbocycles. The number of benzene rings is 2. The lowest BCUT2D eigenvalue weighted by Crippen LogP contribution is -2.44. The highest BCUT2D eigenvalue weighted by Crippen LogP contribution is 2.20. The average Bonchev–Trinajstić information content (AvgIpc) is 3.44. The summed E-state index contributed by atoms with van der Waals surface area (Å²) in [4.78, 5) is 11.3. The zero-order valence-electron chi connectivity index (χ0n) is 18.7. The normalized spacial score (nSPS) is 18.9. The van der Waals surface area contributed by atoms with Gasteiger partial charge in [0.1, 0.15) is 12.7 Å². The van der Waals surface area contributed by atoms with Crippen LogP contribution in [0.15, 0.2) is 72.2 Å². The molecule has 0 saturated carbocycles. The van der Waals surface area contributed by atoms with Crippen LogP contribution >= 0.6 is 24.0 Å². The minimum Gasteiger partial charge on any atom is -0.357 e. The number of aliphatic imine (C=N–C) groups is 1. The van der Waals surface area contributed by atoms with E-state index >= 15 is 0 Å². The third-order valence-electron chi connectivity index (χ3n) is 5.66. The van der Waals surface area contributed by atoms with Gasteiger partial charge in [-0.05, 0) is 43.5 Å². The molecule has 4 rings (SSSR count). The van der Waals surface area contributed by atoms with Crippen molar-refractivity contribution >= 4 is 29.9 Å². The van der Waals surface area contributed by atoms with Crippen LogP contribution in [0.4, 0.5) is 0 Å². The second-order valence-corrected chi connectivity index (χ2v) is 8.04. The topological polar surface area (TPSA) is 70.4 Å². The van der Waals surface area contributed by atoms with Gasteiger partial charge >= 0.3 is 0 Å². The summed E-state index contributed by atoms with van der Waals surface area (Å²) in [5.41, 5.74) is 3.52. The predicted octanol–water partition coefficient (Wildman–Crippen LogP) is 3.60. The van der Waals surface area contributed by atoms with E-state index in [2.05, 4.69) is 81.9 Å². The van der Waals surface area contributed by atoms with Crippen molar-refractivity contribution in [3.8, 4) is 5.69 Å². The summed E-state index contributed by atoms with van der Waals surface area (Å²) >= 11 is 0. The van der Waals surface area contributed by atoms with Crippen LogP contribution in [0.3, 0.4) is 0 Å². The van der Waals surface area contributed by atoms with Gasteiger partial charge in [-0.25, -0.2) is 14.7 Å². The number of nitrogens with zero attached hydrogens (tertiary/aromatic N) is 5. The van der Waals surface area contributed by atoms with Crippen LogP contribution in [-0.4, -0.2) is 50.8 Å². The van der Waals surface area contributed by atoms with Crippen molar-refractivity contribution < 1.29 is 0 Å². The van der Waals surface area contributed by atoms with E-state index < -0.39 is 0 Å². The number of halogens is 1. The first kappa shape index (κ1) is 24.2. The third kappa shape index (κ3) is 6.52. The first-order valence-corrected chi connectivity index (χ1v) is 11.0. The molecule has 3 aromatic rings. The number of hydrogen-bond donors (Lipinski definition) is 2. The van der Waals surface area contributed by atoms with E-state index in [0.29, 0.717) is 18.6 Å². The Kier molecular flexibility index (Phi) is 9.04. The third-order valence-corrected chi connectivity index (χ3v) is 5.66. The fourth-order valence-electron chi connectivity index (χ4n) is 4.02. The van der Waals surface area contributed by atoms with E-state index in [-0.39, 0.29) is 24.0 Å². The summed E-state index contributed by atoms with van der Waals surface area (Å²) in [6, 6.07) is 19.9. The lowest BCUT2D eigenvalue weighted by atomic mass is 10.2. The molecule has 2 unspecified atom stereocenters. The summed E-state index contributed by atoms with van der Waals surface area (Å²) in [6.07, 6.45) is 4.35. The molecule has 0 radical (unpaired) electrons. The first-order valence-electron chi connectivity index (χ1n) is 11.0. The number of nitrogens with one attached hydrogen (secondary N) is 2. The van der Waals surface area contributed by atoms with E-state index in [1.54, 1.807) is 11.0 Å². The van der Waals surface area contributed by atoms with Crippen molar-refractivity contribution in [2.45, 2.75) is 45.4 Å². The van der Waals surface area contributed by atoms with Crippen LogP contribution in [0.2, 0.25) is 0 Å². The molecule has 0 spiro atoms. The molecule has 1 fully saturated rings. The lowest BCUT2D eigenvalue weighted by molar-refractivity contribution is 0.258. The summed E-state index contributed by atoms with van der Waals surface area (Å²) < 4.78 is 1.75. The SMILES string of the molecule is CCNC(=NCc1ccc(-n2cncn2)cc1)NC1CC(C)N(Cc2ccccc2)C1.I. The molecule has 1 aliphatic rings. The average molecular weight is 545 g/mol. The Balaban J connectivity index is 0.00000289. The number of aromatic nitrogens is 3. The molecule has 1 aromatic heterocycles. The van der Waals surface area contributed by atoms with Gasteiger partial charge in [0, 0.05) is 31.7 Å². The molecule has 2 heterocycles. The summed E-state index contributed by atoms with van der Waals surface area (Å²) in [5.74, 6) is 0.876. The van der Waals surface area contributed by atoms with Crippen molar-refractivity contribution in [1.82, 2.24) is 30.3 Å².